The minimum absolute atomic E-state index is 0.0755. The highest BCUT2D eigenvalue weighted by Gasteiger charge is 2.15. The zero-order valence-electron chi connectivity index (χ0n) is 18.4. The van der Waals surface area contributed by atoms with E-state index in [1.165, 1.54) is 11.1 Å². The summed E-state index contributed by atoms with van der Waals surface area (Å²) in [5.41, 5.74) is 6.45. The highest BCUT2D eigenvalue weighted by Crippen LogP contribution is 2.21. The van der Waals surface area contributed by atoms with Gasteiger partial charge < -0.3 is 10.6 Å². The van der Waals surface area contributed by atoms with Crippen molar-refractivity contribution in [1.29, 1.82) is 0 Å². The Bertz CT molecular complexity index is 836. The van der Waals surface area contributed by atoms with E-state index in [0.717, 1.165) is 28.8 Å². The molecular formula is C24H33N3O2. The van der Waals surface area contributed by atoms with Crippen LogP contribution in [-0.4, -0.2) is 36.9 Å². The van der Waals surface area contributed by atoms with Gasteiger partial charge in [-0.1, -0.05) is 48.9 Å². The second-order valence-corrected chi connectivity index (χ2v) is 7.88. The quantitative estimate of drug-likeness (QED) is 0.712. The first-order chi connectivity index (χ1) is 13.7. The Balaban J connectivity index is 1.85. The van der Waals surface area contributed by atoms with Crippen molar-refractivity contribution in [1.82, 2.24) is 10.2 Å². The molecule has 5 nitrogen and oxygen atoms in total. The predicted octanol–water partition coefficient (Wildman–Crippen LogP) is 3.92. The van der Waals surface area contributed by atoms with Crippen LogP contribution < -0.4 is 10.6 Å². The van der Waals surface area contributed by atoms with Crippen LogP contribution in [0.15, 0.2) is 36.4 Å². The van der Waals surface area contributed by atoms with Gasteiger partial charge in [0.15, 0.2) is 0 Å². The van der Waals surface area contributed by atoms with Crippen LogP contribution in [0.1, 0.15) is 47.7 Å². The number of nitrogens with zero attached hydrogens (tertiary/aromatic N) is 1. The molecule has 0 spiro atoms. The smallest absolute Gasteiger partial charge is 0.238 e. The van der Waals surface area contributed by atoms with Crippen molar-refractivity contribution in [2.75, 3.05) is 25.5 Å². The van der Waals surface area contributed by atoms with Gasteiger partial charge in [-0.05, 0) is 63.4 Å². The molecule has 0 saturated carbocycles. The molecule has 0 saturated heterocycles. The highest BCUT2D eigenvalue weighted by atomic mass is 16.2. The molecule has 5 heteroatoms. The van der Waals surface area contributed by atoms with Gasteiger partial charge >= 0.3 is 0 Å². The summed E-state index contributed by atoms with van der Waals surface area (Å²) in [4.78, 5) is 26.5. The first kappa shape index (κ1) is 22.6. The largest absolute Gasteiger partial charge is 0.348 e. The normalized spacial score (nSPS) is 12.0. The molecule has 2 aromatic carbocycles. The molecule has 0 radical (unpaired) electrons. The highest BCUT2D eigenvalue weighted by molar-refractivity contribution is 5.94. The summed E-state index contributed by atoms with van der Waals surface area (Å²) < 4.78 is 0. The number of aryl methyl sites for hydroxylation is 4. The molecule has 0 aromatic heterocycles. The van der Waals surface area contributed by atoms with Crippen molar-refractivity contribution in [2.24, 2.45) is 0 Å². The topological polar surface area (TPSA) is 61.4 Å². The number of carbonyl (C=O) groups excluding carboxylic acids is 2. The molecule has 0 aliphatic rings. The third-order valence-corrected chi connectivity index (χ3v) is 5.03. The summed E-state index contributed by atoms with van der Waals surface area (Å²) >= 11 is 0. The molecule has 1 atom stereocenters. The molecular weight excluding hydrogens is 362 g/mol. The van der Waals surface area contributed by atoms with E-state index in [2.05, 4.69) is 29.7 Å². The lowest BCUT2D eigenvalue weighted by Crippen LogP contribution is -2.39. The molecule has 0 heterocycles. The van der Waals surface area contributed by atoms with Gasteiger partial charge in [-0.15, -0.1) is 0 Å². The molecule has 2 amide bonds. The Kier molecular flexibility index (Phi) is 7.97. The number of amides is 2. The van der Waals surface area contributed by atoms with Crippen LogP contribution in [0.25, 0.3) is 0 Å². The van der Waals surface area contributed by atoms with Crippen LogP contribution in [0, 0.1) is 20.8 Å². The SMILES string of the molecule is CCc1ccc([C@@H](C)NC(=O)CN(C)CC(=O)Nc2c(C)cc(C)cc2C)cc1. The van der Waals surface area contributed by atoms with Crippen LogP contribution >= 0.6 is 0 Å². The minimum atomic E-state index is -0.126. The van der Waals surface area contributed by atoms with Gasteiger partial charge in [-0.3, -0.25) is 14.5 Å². The molecule has 156 valence electrons. The van der Waals surface area contributed by atoms with Crippen molar-refractivity contribution in [3.8, 4) is 0 Å². The number of rotatable bonds is 8. The van der Waals surface area contributed by atoms with Crippen molar-refractivity contribution in [3.05, 3.63) is 64.2 Å². The lowest BCUT2D eigenvalue weighted by molar-refractivity contribution is -0.123. The van der Waals surface area contributed by atoms with Crippen molar-refractivity contribution in [2.45, 2.75) is 47.1 Å². The van der Waals surface area contributed by atoms with Gasteiger partial charge in [0.1, 0.15) is 0 Å². The Labute approximate surface area is 174 Å². The molecule has 0 aliphatic heterocycles. The molecule has 2 N–H and O–H groups in total. The fourth-order valence-electron chi connectivity index (χ4n) is 3.51. The molecule has 0 aliphatic carbocycles. The summed E-state index contributed by atoms with van der Waals surface area (Å²) in [5, 5.41) is 5.97. The van der Waals surface area contributed by atoms with Gasteiger partial charge in [0, 0.05) is 5.69 Å². The third kappa shape index (κ3) is 6.71. The van der Waals surface area contributed by atoms with Crippen LogP contribution in [0.5, 0.6) is 0 Å². The number of hydrogen-bond acceptors (Lipinski definition) is 3. The second-order valence-electron chi connectivity index (χ2n) is 7.88. The number of carbonyl (C=O) groups is 2. The van der Waals surface area contributed by atoms with E-state index >= 15 is 0 Å². The summed E-state index contributed by atoms with van der Waals surface area (Å²) in [7, 11) is 1.77. The van der Waals surface area contributed by atoms with Crippen LogP contribution in [0.2, 0.25) is 0 Å². The van der Waals surface area contributed by atoms with Gasteiger partial charge in [0.25, 0.3) is 0 Å². The Morgan fingerprint density at radius 3 is 2.07 bits per heavy atom. The van der Waals surface area contributed by atoms with Crippen LogP contribution in [0.4, 0.5) is 5.69 Å². The van der Waals surface area contributed by atoms with E-state index in [-0.39, 0.29) is 30.9 Å². The van der Waals surface area contributed by atoms with Gasteiger partial charge in [0.2, 0.25) is 11.8 Å². The Morgan fingerprint density at radius 2 is 1.52 bits per heavy atom. The molecule has 2 rings (SSSR count). The second kappa shape index (κ2) is 10.2. The average molecular weight is 396 g/mol. The van der Waals surface area contributed by atoms with E-state index in [9.17, 15) is 9.59 Å². The minimum Gasteiger partial charge on any atom is -0.348 e. The average Bonchev–Trinajstić information content (AvgIpc) is 2.64. The third-order valence-electron chi connectivity index (χ3n) is 5.03. The Morgan fingerprint density at radius 1 is 0.966 bits per heavy atom. The van der Waals surface area contributed by atoms with Gasteiger partial charge in [0.05, 0.1) is 19.1 Å². The number of hydrogen-bond donors (Lipinski definition) is 2. The Hall–Kier alpha value is -2.66. The number of benzene rings is 2. The number of anilines is 1. The van der Waals surface area contributed by atoms with Crippen molar-refractivity contribution in [3.63, 3.8) is 0 Å². The zero-order valence-corrected chi connectivity index (χ0v) is 18.4. The van der Waals surface area contributed by atoms with E-state index < -0.39 is 0 Å². The molecule has 2 aromatic rings. The molecule has 0 fully saturated rings. The van der Waals surface area contributed by atoms with Crippen LogP contribution in [0.3, 0.4) is 0 Å². The monoisotopic (exact) mass is 395 g/mol. The first-order valence-electron chi connectivity index (χ1n) is 10.1. The van der Waals surface area contributed by atoms with E-state index in [1.807, 2.05) is 52.0 Å². The fourth-order valence-corrected chi connectivity index (χ4v) is 3.51. The fraction of sp³-hybridized carbons (Fsp3) is 0.417. The molecule has 0 bridgehead atoms. The van der Waals surface area contributed by atoms with Crippen LogP contribution in [-0.2, 0) is 16.0 Å². The van der Waals surface area contributed by atoms with Gasteiger partial charge in [-0.25, -0.2) is 0 Å². The lowest BCUT2D eigenvalue weighted by Gasteiger charge is -2.20. The lowest BCUT2D eigenvalue weighted by atomic mass is 10.0. The maximum Gasteiger partial charge on any atom is 0.238 e. The standard InChI is InChI=1S/C24H33N3O2/c1-7-20-8-10-21(11-9-20)19(5)25-22(28)14-27(6)15-23(29)26-24-17(3)12-16(2)13-18(24)4/h8-13,19H,7,14-15H2,1-6H3,(H,25,28)(H,26,29)/t19-/m1/s1. The van der Waals surface area contributed by atoms with Crippen molar-refractivity contribution < 1.29 is 9.59 Å². The predicted molar refractivity (Wildman–Crippen MR) is 119 cm³/mol. The zero-order chi connectivity index (χ0) is 21.6. The number of likely N-dealkylation sites (N-methyl/N-ethyl adjacent to an activating group) is 1. The molecule has 0 unspecified atom stereocenters. The maximum atomic E-state index is 12.4. The number of nitrogens with one attached hydrogen (secondary N) is 2. The first-order valence-corrected chi connectivity index (χ1v) is 10.1. The van der Waals surface area contributed by atoms with Crippen molar-refractivity contribution >= 4 is 17.5 Å². The summed E-state index contributed by atoms with van der Waals surface area (Å²) in [5.74, 6) is -0.228. The van der Waals surface area contributed by atoms with E-state index in [0.29, 0.717) is 0 Å². The summed E-state index contributed by atoms with van der Waals surface area (Å²) in [6, 6.07) is 12.3. The summed E-state index contributed by atoms with van der Waals surface area (Å²) in [6.07, 6.45) is 0.996. The van der Waals surface area contributed by atoms with E-state index in [1.54, 1.807) is 11.9 Å². The van der Waals surface area contributed by atoms with E-state index in [4.69, 9.17) is 0 Å². The van der Waals surface area contributed by atoms with Gasteiger partial charge in [-0.2, -0.15) is 0 Å². The maximum absolute atomic E-state index is 12.4. The summed E-state index contributed by atoms with van der Waals surface area (Å²) in [6.45, 7) is 10.4. The molecule has 29 heavy (non-hydrogen) atoms.